The number of benzene rings is 1. The van der Waals surface area contributed by atoms with Crippen LogP contribution in [0.5, 0.6) is 0 Å². The molecule has 1 aromatic heterocycles. The summed E-state index contributed by atoms with van der Waals surface area (Å²) in [5.41, 5.74) is 2.81. The van der Waals surface area contributed by atoms with E-state index in [1.54, 1.807) is 19.1 Å². The zero-order valence-corrected chi connectivity index (χ0v) is 13.3. The highest BCUT2D eigenvalue weighted by atomic mass is 19.1. The van der Waals surface area contributed by atoms with E-state index in [9.17, 15) is 9.18 Å². The highest BCUT2D eigenvalue weighted by Gasteiger charge is 2.22. The number of likely N-dealkylation sites (tertiary alicyclic amines) is 1. The lowest BCUT2D eigenvalue weighted by atomic mass is 9.89. The molecule has 0 saturated carbocycles. The van der Waals surface area contributed by atoms with Gasteiger partial charge in [-0.05, 0) is 48.1 Å². The third kappa shape index (κ3) is 3.76. The summed E-state index contributed by atoms with van der Waals surface area (Å²) in [5, 5.41) is 0. The summed E-state index contributed by atoms with van der Waals surface area (Å²) >= 11 is 0. The molecule has 0 unspecified atom stereocenters. The Morgan fingerprint density at radius 2 is 2.00 bits per heavy atom. The molecular formula is C19H21FN2O. The summed E-state index contributed by atoms with van der Waals surface area (Å²) in [6.07, 6.45) is 4.27. The third-order valence-corrected chi connectivity index (χ3v) is 4.58. The standard InChI is InChI=1S/C19H21FN2O/c1-14(23)22-10-7-15(8-11-22)16-6-9-21-18(12-16)13-17-4-2-3-5-19(17)20/h2-6,9,12,15H,7-8,10-11,13H2,1H3. The third-order valence-electron chi connectivity index (χ3n) is 4.58. The highest BCUT2D eigenvalue weighted by molar-refractivity contribution is 5.73. The molecule has 2 aromatic rings. The first-order valence-electron chi connectivity index (χ1n) is 8.07. The van der Waals surface area contributed by atoms with Gasteiger partial charge in [0.1, 0.15) is 5.82 Å². The summed E-state index contributed by atoms with van der Waals surface area (Å²) in [7, 11) is 0. The minimum atomic E-state index is -0.186. The van der Waals surface area contributed by atoms with E-state index in [0.29, 0.717) is 17.9 Å². The highest BCUT2D eigenvalue weighted by Crippen LogP contribution is 2.28. The number of halogens is 1. The average Bonchev–Trinajstić information content (AvgIpc) is 2.57. The quantitative estimate of drug-likeness (QED) is 0.868. The Kier molecular flexibility index (Phi) is 4.70. The molecule has 1 aromatic carbocycles. The number of pyridine rings is 1. The second kappa shape index (κ2) is 6.90. The molecule has 4 heteroatoms. The van der Waals surface area contributed by atoms with Crippen molar-refractivity contribution in [2.24, 2.45) is 0 Å². The van der Waals surface area contributed by atoms with E-state index in [-0.39, 0.29) is 11.7 Å². The van der Waals surface area contributed by atoms with Gasteiger partial charge in [0.2, 0.25) is 5.91 Å². The molecule has 0 spiro atoms. The summed E-state index contributed by atoms with van der Waals surface area (Å²) < 4.78 is 13.8. The number of rotatable bonds is 3. The number of aromatic nitrogens is 1. The summed E-state index contributed by atoms with van der Waals surface area (Å²) in [4.78, 5) is 17.7. The lowest BCUT2D eigenvalue weighted by molar-refractivity contribution is -0.129. The molecular weight excluding hydrogens is 291 g/mol. The molecule has 0 atom stereocenters. The van der Waals surface area contributed by atoms with Crippen LogP contribution in [-0.4, -0.2) is 28.9 Å². The molecule has 3 rings (SSSR count). The molecule has 1 fully saturated rings. The number of carbonyl (C=O) groups excluding carboxylic acids is 1. The van der Waals surface area contributed by atoms with Gasteiger partial charge in [-0.3, -0.25) is 9.78 Å². The lowest BCUT2D eigenvalue weighted by Crippen LogP contribution is -2.36. The molecule has 0 bridgehead atoms. The second-order valence-electron chi connectivity index (χ2n) is 6.13. The van der Waals surface area contributed by atoms with Gasteiger partial charge in [0, 0.05) is 38.3 Å². The first kappa shape index (κ1) is 15.7. The lowest BCUT2D eigenvalue weighted by Gasteiger charge is -2.31. The van der Waals surface area contributed by atoms with Crippen molar-refractivity contribution in [3.05, 3.63) is 65.2 Å². The van der Waals surface area contributed by atoms with Crippen molar-refractivity contribution in [3.8, 4) is 0 Å². The molecule has 3 nitrogen and oxygen atoms in total. The van der Waals surface area contributed by atoms with Crippen molar-refractivity contribution in [3.63, 3.8) is 0 Å². The van der Waals surface area contributed by atoms with Crippen molar-refractivity contribution < 1.29 is 9.18 Å². The smallest absolute Gasteiger partial charge is 0.219 e. The van der Waals surface area contributed by atoms with Crippen molar-refractivity contribution in [1.82, 2.24) is 9.88 Å². The largest absolute Gasteiger partial charge is 0.343 e. The fourth-order valence-corrected chi connectivity index (χ4v) is 3.21. The first-order valence-corrected chi connectivity index (χ1v) is 8.07. The molecule has 0 aliphatic carbocycles. The number of hydrogen-bond donors (Lipinski definition) is 0. The van der Waals surface area contributed by atoms with Gasteiger partial charge < -0.3 is 4.90 Å². The number of hydrogen-bond acceptors (Lipinski definition) is 2. The normalized spacial score (nSPS) is 15.7. The minimum Gasteiger partial charge on any atom is -0.343 e. The average molecular weight is 312 g/mol. The fourth-order valence-electron chi connectivity index (χ4n) is 3.21. The Balaban J connectivity index is 1.71. The predicted molar refractivity (Wildman–Crippen MR) is 87.7 cm³/mol. The maximum Gasteiger partial charge on any atom is 0.219 e. The molecule has 23 heavy (non-hydrogen) atoms. The van der Waals surface area contributed by atoms with Gasteiger partial charge in [-0.25, -0.2) is 4.39 Å². The van der Waals surface area contributed by atoms with E-state index in [2.05, 4.69) is 11.1 Å². The van der Waals surface area contributed by atoms with Crippen LogP contribution in [0.15, 0.2) is 42.6 Å². The van der Waals surface area contributed by atoms with Crippen LogP contribution in [0.4, 0.5) is 4.39 Å². The molecule has 1 aliphatic rings. The second-order valence-corrected chi connectivity index (χ2v) is 6.13. The summed E-state index contributed by atoms with van der Waals surface area (Å²) in [6.45, 7) is 3.25. The molecule has 1 saturated heterocycles. The first-order chi connectivity index (χ1) is 11.1. The van der Waals surface area contributed by atoms with Crippen LogP contribution in [0, 0.1) is 5.82 Å². The van der Waals surface area contributed by atoms with E-state index in [4.69, 9.17) is 0 Å². The van der Waals surface area contributed by atoms with Gasteiger partial charge in [-0.1, -0.05) is 18.2 Å². The number of nitrogens with zero attached hydrogens (tertiary/aromatic N) is 2. The van der Waals surface area contributed by atoms with E-state index in [1.807, 2.05) is 23.2 Å². The Morgan fingerprint density at radius 1 is 1.26 bits per heavy atom. The molecule has 1 aliphatic heterocycles. The SMILES string of the molecule is CC(=O)N1CCC(c2ccnc(Cc3ccccc3F)c2)CC1. The van der Waals surface area contributed by atoms with Gasteiger partial charge in [-0.15, -0.1) is 0 Å². The maximum atomic E-state index is 13.8. The Labute approximate surface area is 136 Å². The molecule has 0 radical (unpaired) electrons. The van der Waals surface area contributed by atoms with Gasteiger partial charge in [0.25, 0.3) is 0 Å². The fraction of sp³-hybridized carbons (Fsp3) is 0.368. The van der Waals surface area contributed by atoms with E-state index < -0.39 is 0 Å². The number of amides is 1. The van der Waals surface area contributed by atoms with Crippen LogP contribution in [0.3, 0.4) is 0 Å². The van der Waals surface area contributed by atoms with E-state index in [1.165, 1.54) is 11.6 Å². The monoisotopic (exact) mass is 312 g/mol. The Morgan fingerprint density at radius 3 is 2.70 bits per heavy atom. The summed E-state index contributed by atoms with van der Waals surface area (Å²) in [5.74, 6) is 0.417. The van der Waals surface area contributed by atoms with E-state index >= 15 is 0 Å². The van der Waals surface area contributed by atoms with Crippen LogP contribution in [-0.2, 0) is 11.2 Å². The van der Waals surface area contributed by atoms with Gasteiger partial charge >= 0.3 is 0 Å². The van der Waals surface area contributed by atoms with Crippen LogP contribution >= 0.6 is 0 Å². The van der Waals surface area contributed by atoms with Crippen molar-refractivity contribution in [2.45, 2.75) is 32.1 Å². The van der Waals surface area contributed by atoms with Crippen molar-refractivity contribution >= 4 is 5.91 Å². The van der Waals surface area contributed by atoms with Gasteiger partial charge in [0.05, 0.1) is 0 Å². The number of piperidine rings is 1. The Bertz CT molecular complexity index is 693. The molecule has 0 N–H and O–H groups in total. The number of carbonyl (C=O) groups is 1. The topological polar surface area (TPSA) is 33.2 Å². The van der Waals surface area contributed by atoms with Gasteiger partial charge in [-0.2, -0.15) is 0 Å². The zero-order valence-electron chi connectivity index (χ0n) is 13.3. The van der Waals surface area contributed by atoms with E-state index in [0.717, 1.165) is 31.6 Å². The van der Waals surface area contributed by atoms with Crippen LogP contribution < -0.4 is 0 Å². The van der Waals surface area contributed by atoms with Gasteiger partial charge in [0.15, 0.2) is 0 Å². The molecule has 2 heterocycles. The maximum absolute atomic E-state index is 13.8. The Hall–Kier alpha value is -2.23. The molecule has 120 valence electrons. The van der Waals surface area contributed by atoms with Crippen molar-refractivity contribution in [2.75, 3.05) is 13.1 Å². The predicted octanol–water partition coefficient (Wildman–Crippen LogP) is 3.54. The summed E-state index contributed by atoms with van der Waals surface area (Å²) in [6, 6.07) is 11.0. The van der Waals surface area contributed by atoms with Crippen LogP contribution in [0.25, 0.3) is 0 Å². The van der Waals surface area contributed by atoms with Crippen molar-refractivity contribution in [1.29, 1.82) is 0 Å². The molecule has 1 amide bonds. The zero-order chi connectivity index (χ0) is 16.2. The van der Waals surface area contributed by atoms with Crippen LogP contribution in [0.1, 0.15) is 42.5 Å². The van der Waals surface area contributed by atoms with Crippen LogP contribution in [0.2, 0.25) is 0 Å². The minimum absolute atomic E-state index is 0.151.